The quantitative estimate of drug-likeness (QED) is 0.326. The van der Waals surface area contributed by atoms with Crippen molar-refractivity contribution in [3.8, 4) is 17.2 Å². The Morgan fingerprint density at radius 3 is 2.34 bits per heavy atom. The van der Waals surface area contributed by atoms with Crippen LogP contribution in [0.4, 0.5) is 11.6 Å². The molecule has 35 heavy (non-hydrogen) atoms. The maximum Gasteiger partial charge on any atom is 0.337 e. The second-order valence-electron chi connectivity index (χ2n) is 7.84. The molecule has 3 aromatic rings. The van der Waals surface area contributed by atoms with E-state index in [1.165, 1.54) is 21.3 Å². The van der Waals surface area contributed by atoms with E-state index in [2.05, 4.69) is 15.3 Å². The van der Waals surface area contributed by atoms with Crippen molar-refractivity contribution < 1.29 is 23.7 Å². The average Bonchev–Trinajstić information content (AvgIpc) is 2.85. The highest BCUT2D eigenvalue weighted by molar-refractivity contribution is 7.71. The summed E-state index contributed by atoms with van der Waals surface area (Å²) < 4.78 is 22.5. The Kier molecular flexibility index (Phi) is 6.92. The molecule has 0 spiro atoms. The van der Waals surface area contributed by atoms with Crippen LogP contribution >= 0.6 is 12.2 Å². The number of nitrogens with two attached hydrogens (primary N) is 1. The molecule has 1 aliphatic heterocycles. The van der Waals surface area contributed by atoms with E-state index in [0.717, 1.165) is 5.56 Å². The number of fused-ring (bicyclic) bond motifs is 1. The van der Waals surface area contributed by atoms with E-state index in [9.17, 15) is 4.79 Å². The lowest BCUT2D eigenvalue weighted by Gasteiger charge is -2.30. The zero-order chi connectivity index (χ0) is 25.1. The van der Waals surface area contributed by atoms with Crippen LogP contribution < -0.4 is 25.3 Å². The molecule has 9 nitrogen and oxygen atoms in total. The number of anilines is 2. The van der Waals surface area contributed by atoms with Crippen molar-refractivity contribution in [3.63, 3.8) is 0 Å². The molecule has 0 amide bonds. The van der Waals surface area contributed by atoms with Gasteiger partial charge in [-0.05, 0) is 42.4 Å². The lowest BCUT2D eigenvalue weighted by Crippen LogP contribution is -2.26. The third-order valence-electron chi connectivity index (χ3n) is 5.74. The SMILES string of the molecule is COc1cc(C2C(C(=O)OCc3ccccc3)=C(C)Nc3nc(=S)[nH]c(N)c32)cc(OC)c1OC. The average molecular weight is 495 g/mol. The number of carbonyl (C=O) groups is 1. The molecule has 0 saturated carbocycles. The Labute approximate surface area is 207 Å². The van der Waals surface area contributed by atoms with E-state index in [-0.39, 0.29) is 17.2 Å². The lowest BCUT2D eigenvalue weighted by atomic mass is 9.81. The summed E-state index contributed by atoms with van der Waals surface area (Å²) in [7, 11) is 4.58. The summed E-state index contributed by atoms with van der Waals surface area (Å²) in [5.41, 5.74) is 9.43. The highest BCUT2D eigenvalue weighted by Crippen LogP contribution is 2.48. The first kappa shape index (κ1) is 24.1. The summed E-state index contributed by atoms with van der Waals surface area (Å²) in [6.45, 7) is 1.90. The van der Waals surface area contributed by atoms with Crippen LogP contribution in [-0.2, 0) is 16.1 Å². The number of hydrogen-bond acceptors (Lipinski definition) is 9. The number of methoxy groups -OCH3 is 3. The zero-order valence-electron chi connectivity index (χ0n) is 19.8. The Balaban J connectivity index is 1.87. The number of aromatic amines is 1. The fourth-order valence-electron chi connectivity index (χ4n) is 4.17. The topological polar surface area (TPSA) is 121 Å². The molecule has 2 aromatic carbocycles. The molecule has 0 fully saturated rings. The molecular weight excluding hydrogens is 468 g/mol. The van der Waals surface area contributed by atoms with Crippen LogP contribution in [0.25, 0.3) is 0 Å². The van der Waals surface area contributed by atoms with Crippen LogP contribution in [0.5, 0.6) is 17.2 Å². The molecule has 4 rings (SSSR count). The third kappa shape index (κ3) is 4.65. The molecule has 0 aliphatic carbocycles. The standard InChI is InChI=1S/C25H26N4O5S/c1-13-18(24(30)34-12-14-8-6-5-7-9-14)19(20-22(26)28-25(35)29-23(20)27-13)15-10-16(31-2)21(33-4)17(11-15)32-3/h5-11,19H,12H2,1-4H3,(H4,26,27,28,29,35). The molecule has 0 bridgehead atoms. The van der Waals surface area contributed by atoms with Gasteiger partial charge in [-0.1, -0.05) is 30.3 Å². The minimum atomic E-state index is -0.650. The van der Waals surface area contributed by atoms with Crippen LogP contribution in [0, 0.1) is 4.77 Å². The van der Waals surface area contributed by atoms with Crippen LogP contribution in [0.1, 0.15) is 29.5 Å². The predicted molar refractivity (Wildman–Crippen MR) is 134 cm³/mol. The molecule has 1 aliphatic rings. The number of nitrogen functional groups attached to an aromatic ring is 1. The normalized spacial score (nSPS) is 14.6. The molecule has 2 heterocycles. The van der Waals surface area contributed by atoms with Crippen LogP contribution in [0.2, 0.25) is 0 Å². The van der Waals surface area contributed by atoms with E-state index < -0.39 is 11.9 Å². The minimum Gasteiger partial charge on any atom is -0.493 e. The molecule has 4 N–H and O–H groups in total. The largest absolute Gasteiger partial charge is 0.493 e. The van der Waals surface area contributed by atoms with Gasteiger partial charge in [0.1, 0.15) is 18.2 Å². The van der Waals surface area contributed by atoms with E-state index in [1.807, 2.05) is 30.3 Å². The Bertz CT molecular complexity index is 1330. The molecule has 182 valence electrons. The number of allylic oxidation sites excluding steroid dienone is 1. The van der Waals surface area contributed by atoms with Gasteiger partial charge in [0.2, 0.25) is 5.75 Å². The van der Waals surface area contributed by atoms with Gasteiger partial charge in [0, 0.05) is 11.3 Å². The number of hydrogen-bond donors (Lipinski definition) is 3. The predicted octanol–water partition coefficient (Wildman–Crippen LogP) is 4.32. The second kappa shape index (κ2) is 10.1. The van der Waals surface area contributed by atoms with Crippen molar-refractivity contribution >= 4 is 29.8 Å². The molecule has 0 radical (unpaired) electrons. The van der Waals surface area contributed by atoms with E-state index in [0.29, 0.717) is 45.5 Å². The van der Waals surface area contributed by atoms with Crippen molar-refractivity contribution in [1.29, 1.82) is 0 Å². The molecular formula is C25H26N4O5S. The van der Waals surface area contributed by atoms with Crippen molar-refractivity contribution in [3.05, 3.63) is 75.2 Å². The number of carbonyl (C=O) groups excluding carboxylic acids is 1. The monoisotopic (exact) mass is 494 g/mol. The highest BCUT2D eigenvalue weighted by Gasteiger charge is 2.37. The van der Waals surface area contributed by atoms with Gasteiger partial charge in [0.15, 0.2) is 16.3 Å². The minimum absolute atomic E-state index is 0.121. The van der Waals surface area contributed by atoms with E-state index >= 15 is 0 Å². The Morgan fingerprint density at radius 1 is 1.09 bits per heavy atom. The fraction of sp³-hybridized carbons (Fsp3) is 0.240. The number of rotatable bonds is 7. The zero-order valence-corrected chi connectivity index (χ0v) is 20.6. The Morgan fingerprint density at radius 2 is 1.74 bits per heavy atom. The van der Waals surface area contributed by atoms with Crippen molar-refractivity contribution in [2.75, 3.05) is 32.4 Å². The summed E-state index contributed by atoms with van der Waals surface area (Å²) in [6.07, 6.45) is 0. The third-order valence-corrected chi connectivity index (χ3v) is 5.93. The van der Waals surface area contributed by atoms with Crippen molar-refractivity contribution in [2.45, 2.75) is 19.4 Å². The van der Waals surface area contributed by atoms with Gasteiger partial charge in [0.05, 0.1) is 32.8 Å². The maximum atomic E-state index is 13.5. The number of H-pyrrole nitrogens is 1. The number of esters is 1. The number of benzene rings is 2. The number of aromatic nitrogens is 2. The summed E-state index contributed by atoms with van der Waals surface area (Å²) in [4.78, 5) is 20.8. The number of ether oxygens (including phenoxy) is 4. The molecule has 1 atom stereocenters. The number of nitrogens with one attached hydrogen (secondary N) is 2. The van der Waals surface area contributed by atoms with Gasteiger partial charge in [-0.3, -0.25) is 0 Å². The van der Waals surface area contributed by atoms with Gasteiger partial charge in [-0.25, -0.2) is 9.78 Å². The summed E-state index contributed by atoms with van der Waals surface area (Å²) in [5, 5.41) is 3.16. The maximum absolute atomic E-state index is 13.5. The van der Waals surface area contributed by atoms with Crippen molar-refractivity contribution in [2.24, 2.45) is 0 Å². The Hall–Kier alpha value is -4.05. The van der Waals surface area contributed by atoms with Gasteiger partial charge < -0.3 is 35.0 Å². The van der Waals surface area contributed by atoms with Crippen molar-refractivity contribution in [1.82, 2.24) is 9.97 Å². The first-order chi connectivity index (χ1) is 16.9. The highest BCUT2D eigenvalue weighted by atomic mass is 32.1. The van der Waals surface area contributed by atoms with Gasteiger partial charge in [-0.15, -0.1) is 0 Å². The second-order valence-corrected chi connectivity index (χ2v) is 8.22. The van der Waals surface area contributed by atoms with Gasteiger partial charge in [0.25, 0.3) is 0 Å². The molecule has 10 heteroatoms. The molecule has 1 unspecified atom stereocenters. The fourth-order valence-corrected chi connectivity index (χ4v) is 4.37. The van der Waals surface area contributed by atoms with Crippen LogP contribution in [0.15, 0.2) is 53.7 Å². The molecule has 0 saturated heterocycles. The smallest absolute Gasteiger partial charge is 0.337 e. The lowest BCUT2D eigenvalue weighted by molar-refractivity contribution is -0.140. The van der Waals surface area contributed by atoms with Crippen LogP contribution in [-0.4, -0.2) is 37.3 Å². The first-order valence-corrected chi connectivity index (χ1v) is 11.2. The molecule has 1 aromatic heterocycles. The van der Waals surface area contributed by atoms with E-state index in [1.54, 1.807) is 19.1 Å². The van der Waals surface area contributed by atoms with E-state index in [4.69, 9.17) is 36.9 Å². The summed E-state index contributed by atoms with van der Waals surface area (Å²) >= 11 is 5.22. The number of nitrogens with zero attached hydrogens (tertiary/aromatic N) is 1. The summed E-state index contributed by atoms with van der Waals surface area (Å²) in [5.74, 6) is 0.904. The van der Waals surface area contributed by atoms with Crippen LogP contribution in [0.3, 0.4) is 0 Å². The summed E-state index contributed by atoms with van der Waals surface area (Å²) in [6, 6.07) is 13.0. The first-order valence-electron chi connectivity index (χ1n) is 10.8. The van der Waals surface area contributed by atoms with Gasteiger partial charge >= 0.3 is 5.97 Å². The van der Waals surface area contributed by atoms with Gasteiger partial charge in [-0.2, -0.15) is 0 Å².